The molecule has 1 heterocycles. The standard InChI is InChI=1S/C15H22O5/c1-10(16)19-11-8-13(2,3)15(7-6-12(17)18-5)14(4,9-11)20-15/h6-7,11H,8-9H2,1-5H3/b7-6+/t11-,14+,15-/m0/s1. The summed E-state index contributed by atoms with van der Waals surface area (Å²) in [5, 5.41) is 0. The van der Waals surface area contributed by atoms with Crippen molar-refractivity contribution >= 4 is 11.9 Å². The van der Waals surface area contributed by atoms with E-state index in [1.54, 1.807) is 6.08 Å². The Hall–Kier alpha value is -1.36. The number of carbonyl (C=O) groups excluding carboxylic acids is 2. The summed E-state index contributed by atoms with van der Waals surface area (Å²) in [5.41, 5.74) is -1.13. The van der Waals surface area contributed by atoms with Crippen molar-refractivity contribution in [1.82, 2.24) is 0 Å². The van der Waals surface area contributed by atoms with Crippen molar-refractivity contribution in [2.45, 2.75) is 57.8 Å². The Bertz CT molecular complexity index is 467. The first-order valence-electron chi connectivity index (χ1n) is 6.80. The average molecular weight is 282 g/mol. The topological polar surface area (TPSA) is 65.1 Å². The van der Waals surface area contributed by atoms with Crippen LogP contribution >= 0.6 is 0 Å². The van der Waals surface area contributed by atoms with E-state index in [0.29, 0.717) is 12.8 Å². The molecule has 1 saturated heterocycles. The van der Waals surface area contributed by atoms with Gasteiger partial charge >= 0.3 is 11.9 Å². The molecule has 0 bridgehead atoms. The highest BCUT2D eigenvalue weighted by atomic mass is 16.6. The lowest BCUT2D eigenvalue weighted by Crippen LogP contribution is -2.47. The highest BCUT2D eigenvalue weighted by molar-refractivity contribution is 5.82. The van der Waals surface area contributed by atoms with E-state index in [0.717, 1.165) is 0 Å². The molecule has 5 heteroatoms. The van der Waals surface area contributed by atoms with Crippen LogP contribution in [0.15, 0.2) is 12.2 Å². The van der Waals surface area contributed by atoms with E-state index in [4.69, 9.17) is 9.47 Å². The highest BCUT2D eigenvalue weighted by Crippen LogP contribution is 2.66. The number of epoxide rings is 1. The lowest BCUT2D eigenvalue weighted by Gasteiger charge is -2.40. The Morgan fingerprint density at radius 2 is 1.90 bits per heavy atom. The molecular weight excluding hydrogens is 260 g/mol. The number of esters is 2. The monoisotopic (exact) mass is 282 g/mol. The maximum Gasteiger partial charge on any atom is 0.330 e. The Morgan fingerprint density at radius 1 is 1.25 bits per heavy atom. The smallest absolute Gasteiger partial charge is 0.330 e. The number of fused-ring (bicyclic) bond motifs is 1. The van der Waals surface area contributed by atoms with E-state index >= 15 is 0 Å². The van der Waals surface area contributed by atoms with E-state index in [1.807, 2.05) is 6.92 Å². The lowest BCUT2D eigenvalue weighted by atomic mass is 9.63. The molecule has 2 rings (SSSR count). The molecular formula is C15H22O5. The summed E-state index contributed by atoms with van der Waals surface area (Å²) in [6.45, 7) is 7.54. The molecule has 0 aromatic rings. The average Bonchev–Trinajstić information content (AvgIpc) is 2.91. The fraction of sp³-hybridized carbons (Fsp3) is 0.733. The molecule has 1 aliphatic heterocycles. The minimum atomic E-state index is -0.495. The summed E-state index contributed by atoms with van der Waals surface area (Å²) in [7, 11) is 1.35. The molecule has 1 saturated carbocycles. The summed E-state index contributed by atoms with van der Waals surface area (Å²) in [6.07, 6.45) is 4.41. The van der Waals surface area contributed by atoms with E-state index < -0.39 is 17.2 Å². The van der Waals surface area contributed by atoms with Gasteiger partial charge in [0.05, 0.1) is 7.11 Å². The van der Waals surface area contributed by atoms with Crippen molar-refractivity contribution in [2.75, 3.05) is 7.11 Å². The number of ether oxygens (including phenoxy) is 3. The molecule has 0 amide bonds. The van der Waals surface area contributed by atoms with Crippen LogP contribution in [-0.2, 0) is 23.8 Å². The van der Waals surface area contributed by atoms with Gasteiger partial charge in [0.2, 0.25) is 0 Å². The second-order valence-electron chi connectivity index (χ2n) is 6.45. The Morgan fingerprint density at radius 3 is 2.40 bits per heavy atom. The van der Waals surface area contributed by atoms with Gasteiger partial charge < -0.3 is 14.2 Å². The summed E-state index contributed by atoms with van der Waals surface area (Å²) >= 11 is 0. The largest absolute Gasteiger partial charge is 0.466 e. The van der Waals surface area contributed by atoms with Gasteiger partial charge in [-0.05, 0) is 19.4 Å². The second-order valence-corrected chi connectivity index (χ2v) is 6.45. The van der Waals surface area contributed by atoms with E-state index in [-0.39, 0.29) is 17.5 Å². The quantitative estimate of drug-likeness (QED) is 0.450. The van der Waals surface area contributed by atoms with E-state index in [2.05, 4.69) is 18.6 Å². The zero-order valence-electron chi connectivity index (χ0n) is 12.7. The normalized spacial score (nSPS) is 38.1. The predicted molar refractivity (Wildman–Crippen MR) is 71.9 cm³/mol. The first kappa shape index (κ1) is 15.0. The van der Waals surface area contributed by atoms with Crippen LogP contribution in [0.2, 0.25) is 0 Å². The third-order valence-electron chi connectivity index (χ3n) is 4.48. The molecule has 112 valence electrons. The van der Waals surface area contributed by atoms with Gasteiger partial charge in [-0.2, -0.15) is 0 Å². The predicted octanol–water partition coefficient (Wildman–Crippen LogP) is 1.99. The van der Waals surface area contributed by atoms with E-state index in [9.17, 15) is 9.59 Å². The SMILES string of the molecule is COC(=O)/C=C/[C@@]12O[C@]1(C)C[C@@H](OC(C)=O)CC2(C)C. The van der Waals surface area contributed by atoms with Gasteiger partial charge in [-0.15, -0.1) is 0 Å². The third-order valence-corrected chi connectivity index (χ3v) is 4.48. The van der Waals surface area contributed by atoms with Crippen molar-refractivity contribution in [3.8, 4) is 0 Å². The van der Waals surface area contributed by atoms with Crippen LogP contribution < -0.4 is 0 Å². The van der Waals surface area contributed by atoms with Gasteiger partial charge in [0, 0.05) is 24.8 Å². The fourth-order valence-corrected chi connectivity index (χ4v) is 3.61. The van der Waals surface area contributed by atoms with Gasteiger partial charge in [0.15, 0.2) is 0 Å². The van der Waals surface area contributed by atoms with Gasteiger partial charge in [-0.25, -0.2) is 4.79 Å². The van der Waals surface area contributed by atoms with Crippen LogP contribution in [0.1, 0.15) is 40.5 Å². The lowest BCUT2D eigenvalue weighted by molar-refractivity contribution is -0.149. The van der Waals surface area contributed by atoms with Crippen molar-refractivity contribution in [3.63, 3.8) is 0 Å². The van der Waals surface area contributed by atoms with Crippen LogP contribution in [0, 0.1) is 5.41 Å². The molecule has 0 aromatic heterocycles. The number of hydrogen-bond donors (Lipinski definition) is 0. The summed E-state index contributed by atoms with van der Waals surface area (Å²) in [4.78, 5) is 22.4. The van der Waals surface area contributed by atoms with Crippen LogP contribution in [0.3, 0.4) is 0 Å². The van der Waals surface area contributed by atoms with Crippen LogP contribution in [0.5, 0.6) is 0 Å². The zero-order valence-corrected chi connectivity index (χ0v) is 12.7. The van der Waals surface area contributed by atoms with Gasteiger partial charge in [0.1, 0.15) is 17.3 Å². The number of methoxy groups -OCH3 is 1. The molecule has 0 aromatic carbocycles. The summed E-state index contributed by atoms with van der Waals surface area (Å²) in [5.74, 6) is -0.664. The summed E-state index contributed by atoms with van der Waals surface area (Å²) in [6, 6.07) is 0. The zero-order chi connectivity index (χ0) is 15.2. The number of rotatable bonds is 3. The molecule has 0 N–H and O–H groups in total. The summed E-state index contributed by atoms with van der Waals surface area (Å²) < 4.78 is 16.0. The minimum absolute atomic E-state index is 0.144. The van der Waals surface area contributed by atoms with Crippen LogP contribution in [-0.4, -0.2) is 36.4 Å². The molecule has 3 atom stereocenters. The van der Waals surface area contributed by atoms with Crippen molar-refractivity contribution < 1.29 is 23.8 Å². The first-order valence-corrected chi connectivity index (χ1v) is 6.80. The molecule has 0 spiro atoms. The van der Waals surface area contributed by atoms with Crippen molar-refractivity contribution in [2.24, 2.45) is 5.41 Å². The maximum atomic E-state index is 11.3. The molecule has 0 radical (unpaired) electrons. The van der Waals surface area contributed by atoms with Gasteiger partial charge in [-0.3, -0.25) is 4.79 Å². The molecule has 1 aliphatic carbocycles. The van der Waals surface area contributed by atoms with Crippen LogP contribution in [0.4, 0.5) is 0 Å². The molecule has 5 nitrogen and oxygen atoms in total. The first-order chi connectivity index (χ1) is 9.16. The van der Waals surface area contributed by atoms with Crippen LogP contribution in [0.25, 0.3) is 0 Å². The van der Waals surface area contributed by atoms with Gasteiger partial charge in [0.25, 0.3) is 0 Å². The molecule has 2 aliphatic rings. The third kappa shape index (κ3) is 2.24. The fourth-order valence-electron chi connectivity index (χ4n) is 3.61. The van der Waals surface area contributed by atoms with Gasteiger partial charge in [-0.1, -0.05) is 13.8 Å². The van der Waals surface area contributed by atoms with Crippen molar-refractivity contribution in [1.29, 1.82) is 0 Å². The minimum Gasteiger partial charge on any atom is -0.466 e. The molecule has 2 fully saturated rings. The number of carbonyl (C=O) groups is 2. The number of hydrogen-bond acceptors (Lipinski definition) is 5. The van der Waals surface area contributed by atoms with E-state index in [1.165, 1.54) is 20.1 Å². The highest BCUT2D eigenvalue weighted by Gasteiger charge is 2.75. The Kier molecular flexibility index (Phi) is 3.45. The molecule has 20 heavy (non-hydrogen) atoms. The maximum absolute atomic E-state index is 11.3. The Labute approximate surface area is 119 Å². The second kappa shape index (κ2) is 4.58. The van der Waals surface area contributed by atoms with Crippen molar-refractivity contribution in [3.05, 3.63) is 12.2 Å². The molecule has 0 unspecified atom stereocenters. The Balaban J connectivity index is 2.20.